The van der Waals surface area contributed by atoms with E-state index in [1.165, 1.54) is 0 Å². The molecule has 0 aliphatic heterocycles. The fourth-order valence-electron chi connectivity index (χ4n) is 1.49. The van der Waals surface area contributed by atoms with Gasteiger partial charge in [-0.15, -0.1) is 0 Å². The minimum atomic E-state index is -0.239. The maximum absolute atomic E-state index is 11.9. The van der Waals surface area contributed by atoms with E-state index in [0.29, 0.717) is 16.8 Å². The van der Waals surface area contributed by atoms with Gasteiger partial charge in [-0.05, 0) is 24.3 Å². The summed E-state index contributed by atoms with van der Waals surface area (Å²) >= 11 is 0. The highest BCUT2D eigenvalue weighted by Gasteiger charge is 2.06. The Hall–Kier alpha value is -2.89. The van der Waals surface area contributed by atoms with Crippen molar-refractivity contribution in [2.45, 2.75) is 0 Å². The highest BCUT2D eigenvalue weighted by atomic mass is 16.4. The predicted molar refractivity (Wildman–Crippen MR) is 71.1 cm³/mol. The molecule has 0 bridgehead atoms. The van der Waals surface area contributed by atoms with E-state index < -0.39 is 0 Å². The Balaban J connectivity index is 2.12. The Bertz CT molecular complexity index is 594. The van der Waals surface area contributed by atoms with Crippen LogP contribution < -0.4 is 11.1 Å². The summed E-state index contributed by atoms with van der Waals surface area (Å²) < 4.78 is 0. The van der Waals surface area contributed by atoms with E-state index >= 15 is 0 Å². The first-order valence-corrected chi connectivity index (χ1v) is 5.50. The van der Waals surface area contributed by atoms with E-state index in [1.807, 2.05) is 0 Å². The lowest BCUT2D eigenvalue weighted by molar-refractivity contribution is 0.102. The Kier molecular flexibility index (Phi) is 3.72. The molecule has 2 aromatic rings. The van der Waals surface area contributed by atoms with E-state index in [-0.39, 0.29) is 11.7 Å². The number of pyridine rings is 1. The summed E-state index contributed by atoms with van der Waals surface area (Å²) in [5.74, 6) is -0.238. The molecular weight excluding hydrogens is 244 g/mol. The highest BCUT2D eigenvalue weighted by Crippen LogP contribution is 2.09. The van der Waals surface area contributed by atoms with Crippen molar-refractivity contribution in [3.05, 3.63) is 59.9 Å². The van der Waals surface area contributed by atoms with Gasteiger partial charge < -0.3 is 16.3 Å². The minimum Gasteiger partial charge on any atom is -0.409 e. The average Bonchev–Trinajstić information content (AvgIpc) is 2.47. The van der Waals surface area contributed by atoms with Crippen LogP contribution in [0.15, 0.2) is 53.9 Å². The molecule has 1 amide bonds. The van der Waals surface area contributed by atoms with Crippen molar-refractivity contribution in [2.75, 3.05) is 5.32 Å². The van der Waals surface area contributed by atoms with Crippen LogP contribution in [0.3, 0.4) is 0 Å². The largest absolute Gasteiger partial charge is 0.409 e. The number of oxime groups is 1. The maximum Gasteiger partial charge on any atom is 0.255 e. The number of aromatic nitrogens is 1. The highest BCUT2D eigenvalue weighted by molar-refractivity contribution is 6.05. The molecule has 6 heteroatoms. The van der Waals surface area contributed by atoms with Gasteiger partial charge in [0.1, 0.15) is 0 Å². The van der Waals surface area contributed by atoms with Crippen molar-refractivity contribution in [3.63, 3.8) is 0 Å². The molecule has 0 fully saturated rings. The Morgan fingerprint density at radius 2 is 1.68 bits per heavy atom. The first-order chi connectivity index (χ1) is 9.20. The van der Waals surface area contributed by atoms with Gasteiger partial charge in [0.25, 0.3) is 5.91 Å². The number of nitrogens with zero attached hydrogens (tertiary/aromatic N) is 2. The predicted octanol–water partition coefficient (Wildman–Crippen LogP) is 1.43. The van der Waals surface area contributed by atoms with E-state index in [0.717, 1.165) is 0 Å². The lowest BCUT2D eigenvalue weighted by Gasteiger charge is -2.05. The number of amides is 1. The summed E-state index contributed by atoms with van der Waals surface area (Å²) in [4.78, 5) is 15.8. The minimum absolute atomic E-state index is 0.00101. The van der Waals surface area contributed by atoms with Gasteiger partial charge in [0, 0.05) is 29.2 Å². The quantitative estimate of drug-likeness (QED) is 0.334. The van der Waals surface area contributed by atoms with Crippen LogP contribution >= 0.6 is 0 Å². The molecule has 19 heavy (non-hydrogen) atoms. The van der Waals surface area contributed by atoms with Crippen LogP contribution in [-0.4, -0.2) is 21.9 Å². The molecule has 4 N–H and O–H groups in total. The molecule has 0 radical (unpaired) electrons. The zero-order valence-electron chi connectivity index (χ0n) is 9.95. The molecule has 1 aromatic heterocycles. The van der Waals surface area contributed by atoms with Gasteiger partial charge in [-0.3, -0.25) is 9.78 Å². The van der Waals surface area contributed by atoms with E-state index in [4.69, 9.17) is 10.9 Å². The smallest absolute Gasteiger partial charge is 0.255 e. The molecule has 1 heterocycles. The lowest BCUT2D eigenvalue weighted by atomic mass is 10.1. The van der Waals surface area contributed by atoms with Gasteiger partial charge in [-0.1, -0.05) is 17.3 Å². The van der Waals surface area contributed by atoms with Crippen LogP contribution in [0.4, 0.5) is 5.69 Å². The van der Waals surface area contributed by atoms with E-state index in [2.05, 4.69) is 15.5 Å². The molecular formula is C13H12N4O2. The van der Waals surface area contributed by atoms with Crippen molar-refractivity contribution in [2.24, 2.45) is 10.9 Å². The first kappa shape index (κ1) is 12.6. The molecule has 6 nitrogen and oxygen atoms in total. The number of nitrogens with one attached hydrogen (secondary N) is 1. The van der Waals surface area contributed by atoms with Gasteiger partial charge in [0.2, 0.25) is 0 Å². The van der Waals surface area contributed by atoms with Crippen LogP contribution in [0.5, 0.6) is 0 Å². The fraction of sp³-hybridized carbons (Fsp3) is 0. The van der Waals surface area contributed by atoms with Crippen LogP contribution in [0.2, 0.25) is 0 Å². The number of anilines is 1. The normalized spacial score (nSPS) is 11.1. The number of carbonyl (C=O) groups excluding carboxylic acids is 1. The molecule has 0 spiro atoms. The van der Waals surface area contributed by atoms with Crippen molar-refractivity contribution in [1.29, 1.82) is 0 Å². The van der Waals surface area contributed by atoms with Gasteiger partial charge in [-0.2, -0.15) is 0 Å². The van der Waals surface area contributed by atoms with Crippen LogP contribution in [-0.2, 0) is 0 Å². The first-order valence-electron chi connectivity index (χ1n) is 5.50. The van der Waals surface area contributed by atoms with Gasteiger partial charge >= 0.3 is 0 Å². The average molecular weight is 256 g/mol. The standard InChI is InChI=1S/C13H12N4O2/c14-12(17-19)9-1-3-10(4-2-9)13(18)16-11-5-7-15-8-6-11/h1-8,19H,(H2,14,17)(H,15,16,18). The number of benzene rings is 1. The van der Waals surface area contributed by atoms with Gasteiger partial charge in [-0.25, -0.2) is 0 Å². The molecule has 2 rings (SSSR count). The van der Waals surface area contributed by atoms with Crippen LogP contribution in [0.25, 0.3) is 0 Å². The second-order valence-electron chi connectivity index (χ2n) is 3.75. The number of amidine groups is 1. The summed E-state index contributed by atoms with van der Waals surface area (Å²) in [5, 5.41) is 14.2. The summed E-state index contributed by atoms with van der Waals surface area (Å²) in [6.45, 7) is 0. The van der Waals surface area contributed by atoms with Gasteiger partial charge in [0.05, 0.1) is 0 Å². The summed E-state index contributed by atoms with van der Waals surface area (Å²) in [6.07, 6.45) is 3.19. The molecule has 0 atom stereocenters. The van der Waals surface area contributed by atoms with E-state index in [9.17, 15) is 4.79 Å². The maximum atomic E-state index is 11.9. The molecule has 96 valence electrons. The molecule has 0 saturated carbocycles. The molecule has 0 unspecified atom stereocenters. The van der Waals surface area contributed by atoms with Crippen molar-refractivity contribution in [1.82, 2.24) is 4.98 Å². The zero-order valence-corrected chi connectivity index (χ0v) is 9.95. The summed E-state index contributed by atoms with van der Waals surface area (Å²) in [6, 6.07) is 9.81. The molecule has 0 saturated heterocycles. The molecule has 0 aliphatic rings. The summed E-state index contributed by atoms with van der Waals surface area (Å²) in [5.41, 5.74) is 7.13. The van der Waals surface area contributed by atoms with Crippen LogP contribution in [0.1, 0.15) is 15.9 Å². The Morgan fingerprint density at radius 1 is 1.11 bits per heavy atom. The second kappa shape index (κ2) is 5.63. The monoisotopic (exact) mass is 256 g/mol. The third-order valence-electron chi connectivity index (χ3n) is 2.49. The van der Waals surface area contributed by atoms with Gasteiger partial charge in [0.15, 0.2) is 5.84 Å². The van der Waals surface area contributed by atoms with Crippen molar-refractivity contribution in [3.8, 4) is 0 Å². The SMILES string of the molecule is N/C(=N\O)c1ccc(C(=O)Nc2ccncc2)cc1. The Morgan fingerprint density at radius 3 is 2.26 bits per heavy atom. The number of carbonyl (C=O) groups is 1. The van der Waals surface area contributed by atoms with Crippen LogP contribution in [0, 0.1) is 0 Å². The third-order valence-corrected chi connectivity index (χ3v) is 2.49. The lowest BCUT2D eigenvalue weighted by Crippen LogP contribution is -2.15. The Labute approximate surface area is 109 Å². The number of rotatable bonds is 3. The second-order valence-corrected chi connectivity index (χ2v) is 3.75. The number of hydrogen-bond acceptors (Lipinski definition) is 4. The fourth-order valence-corrected chi connectivity index (χ4v) is 1.49. The topological polar surface area (TPSA) is 101 Å². The van der Waals surface area contributed by atoms with Crippen molar-refractivity contribution < 1.29 is 10.0 Å². The number of nitrogens with two attached hydrogens (primary N) is 1. The van der Waals surface area contributed by atoms with Crippen molar-refractivity contribution >= 4 is 17.4 Å². The molecule has 1 aromatic carbocycles. The zero-order chi connectivity index (χ0) is 13.7. The molecule has 0 aliphatic carbocycles. The number of hydrogen-bond donors (Lipinski definition) is 3. The van der Waals surface area contributed by atoms with E-state index in [1.54, 1.807) is 48.8 Å². The summed E-state index contributed by atoms with van der Waals surface area (Å²) in [7, 11) is 0. The third kappa shape index (κ3) is 3.06.